The van der Waals surface area contributed by atoms with Crippen LogP contribution in [0.15, 0.2) is 0 Å². The summed E-state index contributed by atoms with van der Waals surface area (Å²) in [4.78, 5) is 0. The predicted octanol–water partition coefficient (Wildman–Crippen LogP) is -1.57. The van der Waals surface area contributed by atoms with E-state index in [1.807, 2.05) is 0 Å². The van der Waals surface area contributed by atoms with E-state index in [9.17, 15) is 0 Å². The standard InChI is InChI=1S/K.2Mn.H2O.3O.H/h;;;1H2;;;;/q;;+1;;;;;/p-1. The minimum atomic E-state index is -5.38. The topological polar surface area (TPSA) is 71.4 Å². The zero-order valence-electron chi connectivity index (χ0n) is 2.43. The molecule has 0 unspecified atom stereocenters. The van der Waals surface area contributed by atoms with E-state index in [4.69, 9.17) is 15.7 Å². The first kappa shape index (κ1) is 16.0. The Morgan fingerprint density at radius 1 is 1.14 bits per heavy atom. The maximum atomic E-state index is 8.69. The molecule has 1 N–H and O–H groups in total. The molecule has 7 heavy (non-hydrogen) atoms. The molecule has 0 heterocycles. The fourth-order valence-electron chi connectivity index (χ4n) is 0. The molecule has 0 aromatic carbocycles. The van der Waals surface area contributed by atoms with Crippen molar-refractivity contribution in [2.24, 2.45) is 0 Å². The fourth-order valence-corrected chi connectivity index (χ4v) is 0. The Kier molecular flexibility index (Phi) is 14.1. The molecule has 0 bridgehead atoms. The summed E-state index contributed by atoms with van der Waals surface area (Å²) in [5, 5.41) is 0. The molecule has 1 radical (unpaired) electrons. The molecule has 0 aliphatic rings. The Balaban J connectivity index is -0.0000000800. The maximum absolute atomic E-state index is 8.69. The van der Waals surface area contributed by atoms with Crippen molar-refractivity contribution < 1.29 is 45.7 Å². The second-order valence-electron chi connectivity index (χ2n) is 0.396. The molecule has 0 aromatic heterocycles. The van der Waals surface area contributed by atoms with Crippen molar-refractivity contribution in [2.75, 3.05) is 0 Å². The molecule has 4 nitrogen and oxygen atoms in total. The van der Waals surface area contributed by atoms with Crippen LogP contribution in [0, 0.1) is 0 Å². The van der Waals surface area contributed by atoms with Gasteiger partial charge in [0.25, 0.3) is 0 Å². The molecule has 0 saturated carbocycles. The molecule has 0 fully saturated rings. The van der Waals surface area contributed by atoms with E-state index in [-0.39, 0.29) is 68.5 Å². The van der Waals surface area contributed by atoms with Gasteiger partial charge >= 0.3 is 80.0 Å². The molecule has 0 saturated heterocycles. The average Bonchev–Trinajstić information content (AvgIpc) is 0.722. The zero-order chi connectivity index (χ0) is 4.50. The third-order valence-corrected chi connectivity index (χ3v) is 0. The van der Waals surface area contributed by atoms with Gasteiger partial charge in [-0.05, 0) is 0 Å². The molecule has 0 atom stereocenters. The summed E-state index contributed by atoms with van der Waals surface area (Å²) in [6.07, 6.45) is 0. The normalized spacial score (nSPS) is 8.14. The van der Waals surface area contributed by atoms with Crippen molar-refractivity contribution >= 4 is 51.4 Å². The first-order valence-corrected chi connectivity index (χ1v) is 2.61. The number of rotatable bonds is 0. The third kappa shape index (κ3) is 70.7. The Labute approximate surface area is 95.1 Å². The van der Waals surface area contributed by atoms with E-state index < -0.39 is 13.0 Å². The van der Waals surface area contributed by atoms with E-state index in [1.54, 1.807) is 0 Å². The van der Waals surface area contributed by atoms with Gasteiger partial charge in [-0.25, -0.2) is 0 Å². The second-order valence-corrected chi connectivity index (χ2v) is 1.63. The van der Waals surface area contributed by atoms with Crippen molar-refractivity contribution in [1.29, 1.82) is 0 Å². The summed E-state index contributed by atoms with van der Waals surface area (Å²) in [5.41, 5.74) is 0. The van der Waals surface area contributed by atoms with Crippen LogP contribution >= 0.6 is 0 Å². The molecular weight excluding hydrogens is 213 g/mol. The van der Waals surface area contributed by atoms with Gasteiger partial charge < -0.3 is 0 Å². The van der Waals surface area contributed by atoms with E-state index in [1.165, 1.54) is 0 Å². The van der Waals surface area contributed by atoms with Gasteiger partial charge in [0.2, 0.25) is 0 Å². The van der Waals surface area contributed by atoms with Crippen LogP contribution < -0.4 is 0 Å². The Morgan fingerprint density at radius 3 is 1.14 bits per heavy atom. The predicted molar refractivity (Wildman–Crippen MR) is 11.4 cm³/mol. The van der Waals surface area contributed by atoms with E-state index in [0.717, 1.165) is 0 Å². The first-order valence-electron chi connectivity index (χ1n) is 0.632. The molecule has 0 aliphatic carbocycles. The minimum absolute atomic E-state index is 0. The van der Waals surface area contributed by atoms with Crippen LogP contribution in [-0.4, -0.2) is 55.6 Å². The van der Waals surface area contributed by atoms with Gasteiger partial charge in [-0.3, -0.25) is 0 Å². The summed E-state index contributed by atoms with van der Waals surface area (Å²) >= 11 is -5.38. The van der Waals surface area contributed by atoms with Crippen molar-refractivity contribution in [3.8, 4) is 0 Å². The SMILES string of the molecule is [KH].[Mn].[O]=[Mn](=[O])(=[O])[OH]. The molecule has 0 amide bonds. The second kappa shape index (κ2) is 6.16. The van der Waals surface area contributed by atoms with Gasteiger partial charge in [0, 0.05) is 17.1 Å². The van der Waals surface area contributed by atoms with Crippen molar-refractivity contribution in [3.05, 3.63) is 0 Å². The van der Waals surface area contributed by atoms with Crippen LogP contribution in [0.25, 0.3) is 0 Å². The molecule has 7 heteroatoms. The molecule has 0 rings (SSSR count). The summed E-state index contributed by atoms with van der Waals surface area (Å²) in [6, 6.07) is 0. The first-order chi connectivity index (χ1) is 2.00. The Hall–Kier alpha value is 2.04. The number of hydrogen-bond acceptors (Lipinski definition) is 3. The Bertz CT molecular complexity index is 131. The summed E-state index contributed by atoms with van der Waals surface area (Å²) in [5.74, 6) is 0. The van der Waals surface area contributed by atoms with Crippen molar-refractivity contribution in [3.63, 3.8) is 0 Å². The van der Waals surface area contributed by atoms with Crippen LogP contribution in [-0.2, 0) is 41.5 Å². The summed E-state index contributed by atoms with van der Waals surface area (Å²) < 4.78 is 33.1. The van der Waals surface area contributed by atoms with Gasteiger partial charge in [-0.15, -0.1) is 0 Å². The number of hydrogen-bond donors (Lipinski definition) is 1. The molecule has 0 aliphatic heterocycles. The van der Waals surface area contributed by atoms with Gasteiger partial charge in [-0.1, -0.05) is 0 Å². The van der Waals surface area contributed by atoms with Gasteiger partial charge in [0.1, 0.15) is 0 Å². The quantitative estimate of drug-likeness (QED) is 0.495. The summed E-state index contributed by atoms with van der Waals surface area (Å²) in [6.45, 7) is 0. The van der Waals surface area contributed by atoms with Gasteiger partial charge in [-0.2, -0.15) is 0 Å². The average molecular weight is 215 g/mol. The monoisotopic (exact) mass is 215 g/mol. The van der Waals surface area contributed by atoms with E-state index >= 15 is 0 Å². The molecule has 41 valence electrons. The molecule has 0 aromatic rings. The summed E-state index contributed by atoms with van der Waals surface area (Å²) in [7, 11) is 0. The van der Waals surface area contributed by atoms with Crippen molar-refractivity contribution in [1.82, 2.24) is 0 Å². The van der Waals surface area contributed by atoms with Crippen LogP contribution in [0.1, 0.15) is 0 Å². The Morgan fingerprint density at radius 2 is 1.14 bits per heavy atom. The van der Waals surface area contributed by atoms with E-state index in [0.29, 0.717) is 0 Å². The zero-order valence-corrected chi connectivity index (χ0v) is 4.79. The van der Waals surface area contributed by atoms with Gasteiger partial charge in [0.15, 0.2) is 0 Å². The van der Waals surface area contributed by atoms with Crippen LogP contribution in [0.4, 0.5) is 0 Å². The molecular formula is H2KMn2O4. The van der Waals surface area contributed by atoms with Crippen LogP contribution in [0.2, 0.25) is 0 Å². The van der Waals surface area contributed by atoms with Crippen LogP contribution in [0.3, 0.4) is 0 Å². The van der Waals surface area contributed by atoms with Gasteiger partial charge in [0.05, 0.1) is 0 Å². The third-order valence-electron chi connectivity index (χ3n) is 0. The fraction of sp³-hybridized carbons (Fsp3) is 0. The molecule has 0 spiro atoms. The van der Waals surface area contributed by atoms with Crippen LogP contribution in [0.5, 0.6) is 0 Å². The van der Waals surface area contributed by atoms with Crippen molar-refractivity contribution in [2.45, 2.75) is 0 Å². The van der Waals surface area contributed by atoms with E-state index in [2.05, 4.69) is 0 Å².